The molecule has 6 heteroatoms. The van der Waals surface area contributed by atoms with Crippen molar-refractivity contribution in [3.63, 3.8) is 0 Å². The van der Waals surface area contributed by atoms with Crippen LogP contribution in [0.3, 0.4) is 0 Å². The molecule has 0 bridgehead atoms. The zero-order valence-corrected chi connectivity index (χ0v) is 51.4. The van der Waals surface area contributed by atoms with Crippen molar-refractivity contribution < 1.29 is 28.6 Å². The Morgan fingerprint density at radius 3 is 0.782 bits per heavy atom. The number of carbonyl (C=O) groups excluding carboxylic acids is 3. The molecule has 0 heterocycles. The molecule has 0 aromatic carbocycles. The van der Waals surface area contributed by atoms with Gasteiger partial charge in [0.15, 0.2) is 6.10 Å². The van der Waals surface area contributed by atoms with Crippen LogP contribution in [0.15, 0.2) is 97.2 Å². The molecule has 0 amide bonds. The lowest BCUT2D eigenvalue weighted by molar-refractivity contribution is -0.167. The van der Waals surface area contributed by atoms with Crippen LogP contribution in [0.2, 0.25) is 0 Å². The number of ether oxygens (including phenoxy) is 3. The minimum atomic E-state index is -0.774. The van der Waals surface area contributed by atoms with Gasteiger partial charge < -0.3 is 14.2 Å². The highest BCUT2D eigenvalue weighted by atomic mass is 16.6. The van der Waals surface area contributed by atoms with Gasteiger partial charge in [-0.05, 0) is 83.5 Å². The standard InChI is InChI=1S/C72H124O6/c1-4-7-10-13-16-19-21-23-25-27-28-29-30-31-32-33-34-35-36-37-38-39-40-41-42-43-44-46-47-49-51-53-56-59-62-65-71(74)77-68-69(67-76-70(73)64-61-58-55-18-15-12-9-6-3)78-72(75)66-63-60-57-54-52-50-48-45-26-24-22-20-17-14-11-8-5-2/h7,10,16,19,23,25,28-29,31-32,34-35,37-38,40-41,69H,4-6,8-9,11-15,17-18,20-22,24,26-27,30,33,36,39,42-68H2,1-3H3/b10-7-,19-16-,25-23-,29-28-,32-31-,35-34-,38-37-,41-40-. The molecule has 0 rings (SSSR count). The van der Waals surface area contributed by atoms with E-state index in [0.29, 0.717) is 19.3 Å². The van der Waals surface area contributed by atoms with Crippen LogP contribution in [0.5, 0.6) is 0 Å². The van der Waals surface area contributed by atoms with Gasteiger partial charge in [-0.15, -0.1) is 0 Å². The Hall–Kier alpha value is -3.67. The molecule has 0 spiro atoms. The summed E-state index contributed by atoms with van der Waals surface area (Å²) in [5, 5.41) is 0. The van der Waals surface area contributed by atoms with Gasteiger partial charge in [-0.3, -0.25) is 14.4 Å². The molecule has 0 saturated carbocycles. The molecule has 1 unspecified atom stereocenters. The summed E-state index contributed by atoms with van der Waals surface area (Å²) in [6.07, 6.45) is 88.7. The monoisotopic (exact) mass is 1080 g/mol. The first-order chi connectivity index (χ1) is 38.5. The first kappa shape index (κ1) is 74.3. The average Bonchev–Trinajstić information content (AvgIpc) is 3.44. The number of hydrogen-bond donors (Lipinski definition) is 0. The number of carbonyl (C=O) groups is 3. The Morgan fingerprint density at radius 2 is 0.500 bits per heavy atom. The molecule has 6 nitrogen and oxygen atoms in total. The molecule has 0 aliphatic carbocycles. The normalized spacial score (nSPS) is 12.7. The van der Waals surface area contributed by atoms with E-state index in [1.165, 1.54) is 173 Å². The minimum Gasteiger partial charge on any atom is -0.462 e. The lowest BCUT2D eigenvalue weighted by Gasteiger charge is -2.18. The number of esters is 3. The third-order valence-electron chi connectivity index (χ3n) is 14.4. The summed E-state index contributed by atoms with van der Waals surface area (Å²) in [7, 11) is 0. The highest BCUT2D eigenvalue weighted by Crippen LogP contribution is 2.17. The van der Waals surface area contributed by atoms with Crippen LogP contribution < -0.4 is 0 Å². The molecule has 0 aliphatic rings. The molecule has 78 heavy (non-hydrogen) atoms. The topological polar surface area (TPSA) is 78.9 Å². The first-order valence-corrected chi connectivity index (χ1v) is 33.2. The van der Waals surface area contributed by atoms with Gasteiger partial charge >= 0.3 is 17.9 Å². The quantitative estimate of drug-likeness (QED) is 0.0261. The summed E-state index contributed by atoms with van der Waals surface area (Å²) in [6, 6.07) is 0. The Balaban J connectivity index is 4.10. The van der Waals surface area contributed by atoms with Crippen LogP contribution in [0.25, 0.3) is 0 Å². The zero-order valence-electron chi connectivity index (χ0n) is 51.4. The van der Waals surface area contributed by atoms with Gasteiger partial charge in [0.25, 0.3) is 0 Å². The lowest BCUT2D eigenvalue weighted by atomic mass is 10.0. The van der Waals surface area contributed by atoms with E-state index < -0.39 is 6.10 Å². The predicted molar refractivity (Wildman–Crippen MR) is 339 cm³/mol. The molecule has 0 aliphatic heterocycles. The second kappa shape index (κ2) is 65.8. The Kier molecular flexibility index (Phi) is 62.7. The molecule has 0 aromatic heterocycles. The SMILES string of the molecule is CC/C=C\C/C=C\C/C=C\C/C=C\C/C=C\C/C=C\C/C=C\C/C=C\CCCCCCCCCCCCC(=O)OCC(COC(=O)CCCCCCCCCC)OC(=O)CCCCCCCCCCCCCCCCCCC. The fourth-order valence-corrected chi connectivity index (χ4v) is 9.40. The maximum Gasteiger partial charge on any atom is 0.306 e. The van der Waals surface area contributed by atoms with Crippen LogP contribution in [-0.4, -0.2) is 37.2 Å². The number of hydrogen-bond acceptors (Lipinski definition) is 6. The molecule has 0 aromatic rings. The fraction of sp³-hybridized carbons (Fsp3) is 0.736. The number of allylic oxidation sites excluding steroid dienone is 16. The summed E-state index contributed by atoms with van der Waals surface area (Å²) in [5.74, 6) is -0.869. The van der Waals surface area contributed by atoms with E-state index in [-0.39, 0.29) is 31.1 Å². The fourth-order valence-electron chi connectivity index (χ4n) is 9.40. The van der Waals surface area contributed by atoms with Gasteiger partial charge in [0.2, 0.25) is 0 Å². The molecule has 0 fully saturated rings. The summed E-state index contributed by atoms with van der Waals surface area (Å²) in [4.78, 5) is 38.1. The molecule has 0 saturated heterocycles. The van der Waals surface area contributed by atoms with E-state index in [1.807, 2.05) is 0 Å². The molecule has 0 N–H and O–H groups in total. The summed E-state index contributed by atoms with van der Waals surface area (Å²) in [5.41, 5.74) is 0. The molecular formula is C72H124O6. The smallest absolute Gasteiger partial charge is 0.306 e. The van der Waals surface area contributed by atoms with Crippen LogP contribution in [0.4, 0.5) is 0 Å². The van der Waals surface area contributed by atoms with Gasteiger partial charge in [0.05, 0.1) is 0 Å². The van der Waals surface area contributed by atoms with Crippen molar-refractivity contribution in [3.05, 3.63) is 97.2 Å². The molecule has 1 atom stereocenters. The largest absolute Gasteiger partial charge is 0.462 e. The lowest BCUT2D eigenvalue weighted by Crippen LogP contribution is -2.30. The summed E-state index contributed by atoms with van der Waals surface area (Å²) >= 11 is 0. The van der Waals surface area contributed by atoms with Gasteiger partial charge in [-0.25, -0.2) is 0 Å². The van der Waals surface area contributed by atoms with E-state index in [9.17, 15) is 14.4 Å². The Labute approximate surface area is 483 Å². The summed E-state index contributed by atoms with van der Waals surface area (Å²) < 4.78 is 16.9. The Morgan fingerprint density at radius 1 is 0.269 bits per heavy atom. The van der Waals surface area contributed by atoms with Gasteiger partial charge in [-0.1, -0.05) is 317 Å². The second-order valence-corrected chi connectivity index (χ2v) is 22.0. The summed E-state index contributed by atoms with van der Waals surface area (Å²) in [6.45, 7) is 6.53. The van der Waals surface area contributed by atoms with E-state index >= 15 is 0 Å². The van der Waals surface area contributed by atoms with Crippen molar-refractivity contribution in [2.75, 3.05) is 13.2 Å². The van der Waals surface area contributed by atoms with Crippen molar-refractivity contribution in [2.45, 2.75) is 329 Å². The van der Waals surface area contributed by atoms with Crippen molar-refractivity contribution in [1.29, 1.82) is 0 Å². The van der Waals surface area contributed by atoms with Crippen molar-refractivity contribution in [2.24, 2.45) is 0 Å². The van der Waals surface area contributed by atoms with Crippen molar-refractivity contribution in [1.82, 2.24) is 0 Å². The highest BCUT2D eigenvalue weighted by Gasteiger charge is 2.19. The van der Waals surface area contributed by atoms with E-state index in [4.69, 9.17) is 14.2 Å². The maximum absolute atomic E-state index is 12.9. The van der Waals surface area contributed by atoms with Crippen molar-refractivity contribution >= 4 is 17.9 Å². The van der Waals surface area contributed by atoms with E-state index in [1.54, 1.807) is 0 Å². The van der Waals surface area contributed by atoms with Gasteiger partial charge in [-0.2, -0.15) is 0 Å². The minimum absolute atomic E-state index is 0.0733. The second-order valence-electron chi connectivity index (χ2n) is 22.0. The zero-order chi connectivity index (χ0) is 56.4. The number of unbranched alkanes of at least 4 members (excludes halogenated alkanes) is 33. The van der Waals surface area contributed by atoms with Crippen LogP contribution in [0, 0.1) is 0 Å². The predicted octanol–water partition coefficient (Wildman–Crippen LogP) is 22.8. The molecule has 448 valence electrons. The van der Waals surface area contributed by atoms with Crippen molar-refractivity contribution in [3.8, 4) is 0 Å². The molecule has 0 radical (unpaired) electrons. The van der Waals surface area contributed by atoms with Crippen LogP contribution in [0.1, 0.15) is 323 Å². The van der Waals surface area contributed by atoms with E-state index in [2.05, 4.69) is 118 Å². The number of rotatable bonds is 60. The van der Waals surface area contributed by atoms with Gasteiger partial charge in [0.1, 0.15) is 13.2 Å². The third kappa shape index (κ3) is 63.2. The van der Waals surface area contributed by atoms with Crippen LogP contribution >= 0.6 is 0 Å². The van der Waals surface area contributed by atoms with Crippen LogP contribution in [-0.2, 0) is 28.6 Å². The maximum atomic E-state index is 12.9. The first-order valence-electron chi connectivity index (χ1n) is 33.2. The third-order valence-corrected chi connectivity index (χ3v) is 14.4. The average molecular weight is 1090 g/mol. The Bertz CT molecular complexity index is 1530. The molecular weight excluding hydrogens is 961 g/mol. The van der Waals surface area contributed by atoms with E-state index in [0.717, 1.165) is 109 Å². The highest BCUT2D eigenvalue weighted by molar-refractivity contribution is 5.71. The van der Waals surface area contributed by atoms with Gasteiger partial charge in [0, 0.05) is 19.3 Å².